The van der Waals surface area contributed by atoms with Gasteiger partial charge >= 0.3 is 0 Å². The lowest BCUT2D eigenvalue weighted by molar-refractivity contribution is 0.390. The highest BCUT2D eigenvalue weighted by molar-refractivity contribution is 5.59. The van der Waals surface area contributed by atoms with E-state index in [0.717, 1.165) is 24.5 Å². The predicted molar refractivity (Wildman–Crippen MR) is 71.8 cm³/mol. The number of ether oxygens (including phenoxy) is 1. The van der Waals surface area contributed by atoms with Crippen LogP contribution in [0.25, 0.3) is 0 Å². The summed E-state index contributed by atoms with van der Waals surface area (Å²) in [7, 11) is 1.69. The van der Waals surface area contributed by atoms with Gasteiger partial charge in [-0.25, -0.2) is 0 Å². The van der Waals surface area contributed by atoms with Gasteiger partial charge in [-0.3, -0.25) is 0 Å². The van der Waals surface area contributed by atoms with Crippen LogP contribution in [0.2, 0.25) is 0 Å². The zero-order chi connectivity index (χ0) is 13.0. The molecule has 4 nitrogen and oxygen atoms in total. The van der Waals surface area contributed by atoms with Crippen molar-refractivity contribution in [2.75, 3.05) is 25.1 Å². The first-order valence-electron chi connectivity index (χ1n) is 6.26. The second kappa shape index (κ2) is 5.74. The van der Waals surface area contributed by atoms with Gasteiger partial charge in [0.15, 0.2) is 0 Å². The Labute approximate surface area is 108 Å². The van der Waals surface area contributed by atoms with Gasteiger partial charge in [0, 0.05) is 25.2 Å². The monoisotopic (exact) mass is 245 g/mol. The molecule has 1 aromatic rings. The van der Waals surface area contributed by atoms with Crippen LogP contribution in [0.15, 0.2) is 24.3 Å². The van der Waals surface area contributed by atoms with Gasteiger partial charge in [-0.1, -0.05) is 12.1 Å². The van der Waals surface area contributed by atoms with E-state index in [1.165, 1.54) is 0 Å². The number of piperazine rings is 1. The van der Waals surface area contributed by atoms with E-state index >= 15 is 0 Å². The molecule has 1 heterocycles. The number of anilines is 1. The maximum absolute atomic E-state index is 8.81. The first kappa shape index (κ1) is 12.7. The fraction of sp³-hybridized carbons (Fsp3) is 0.500. The molecule has 1 aromatic carbocycles. The number of rotatable bonds is 3. The standard InChI is InChI=1S/C14H19N3O/c1-11-9-16-12(7-8-15)10-17(11)13-5-3-4-6-14(13)18-2/h3-6,11-12,16H,7,9-10H2,1-2H3. The minimum absolute atomic E-state index is 0.233. The molecule has 1 saturated heterocycles. The largest absolute Gasteiger partial charge is 0.495 e. The molecule has 0 spiro atoms. The van der Waals surface area contributed by atoms with E-state index in [4.69, 9.17) is 10.00 Å². The third-order valence-electron chi connectivity index (χ3n) is 3.38. The quantitative estimate of drug-likeness (QED) is 0.881. The maximum Gasteiger partial charge on any atom is 0.142 e. The van der Waals surface area contributed by atoms with Crippen LogP contribution in [0, 0.1) is 11.3 Å². The molecule has 2 rings (SSSR count). The average molecular weight is 245 g/mol. The average Bonchev–Trinajstić information content (AvgIpc) is 2.41. The van der Waals surface area contributed by atoms with E-state index in [0.29, 0.717) is 12.5 Å². The van der Waals surface area contributed by atoms with Crippen molar-refractivity contribution >= 4 is 5.69 Å². The molecule has 96 valence electrons. The molecule has 0 amide bonds. The Morgan fingerprint density at radius 2 is 2.28 bits per heavy atom. The summed E-state index contributed by atoms with van der Waals surface area (Å²) in [5.41, 5.74) is 1.11. The smallest absolute Gasteiger partial charge is 0.142 e. The first-order valence-corrected chi connectivity index (χ1v) is 6.26. The lowest BCUT2D eigenvalue weighted by atomic mass is 10.1. The molecule has 2 unspecified atom stereocenters. The highest BCUT2D eigenvalue weighted by atomic mass is 16.5. The summed E-state index contributed by atoms with van der Waals surface area (Å²) in [6.45, 7) is 3.92. The lowest BCUT2D eigenvalue weighted by Crippen LogP contribution is -2.55. The third-order valence-corrected chi connectivity index (χ3v) is 3.38. The predicted octanol–water partition coefficient (Wildman–Crippen LogP) is 1.78. The Bertz CT molecular complexity index is 441. The van der Waals surface area contributed by atoms with Gasteiger partial charge in [-0.2, -0.15) is 5.26 Å². The Morgan fingerprint density at radius 3 is 3.00 bits per heavy atom. The molecular formula is C14H19N3O. The summed E-state index contributed by atoms with van der Waals surface area (Å²) in [5.74, 6) is 0.891. The van der Waals surface area contributed by atoms with Gasteiger partial charge in [-0.05, 0) is 19.1 Å². The SMILES string of the molecule is COc1ccccc1N1CC(CC#N)NCC1C. The molecule has 0 aromatic heterocycles. The van der Waals surface area contributed by atoms with Gasteiger partial charge in [-0.15, -0.1) is 0 Å². The Balaban J connectivity index is 2.21. The fourth-order valence-electron chi connectivity index (χ4n) is 2.38. The van der Waals surface area contributed by atoms with E-state index < -0.39 is 0 Å². The first-order chi connectivity index (χ1) is 8.76. The van der Waals surface area contributed by atoms with Gasteiger partial charge in [0.1, 0.15) is 5.75 Å². The van der Waals surface area contributed by atoms with Crippen molar-refractivity contribution in [3.8, 4) is 11.8 Å². The number of benzene rings is 1. The molecule has 18 heavy (non-hydrogen) atoms. The van der Waals surface area contributed by atoms with Crippen molar-refractivity contribution in [2.45, 2.75) is 25.4 Å². The zero-order valence-electron chi connectivity index (χ0n) is 10.9. The number of nitrogens with zero attached hydrogens (tertiary/aromatic N) is 2. The minimum atomic E-state index is 0.233. The second-order valence-corrected chi connectivity index (χ2v) is 4.64. The highest BCUT2D eigenvalue weighted by Crippen LogP contribution is 2.30. The van der Waals surface area contributed by atoms with Crippen LogP contribution in [0.3, 0.4) is 0 Å². The van der Waals surface area contributed by atoms with Gasteiger partial charge in [0.25, 0.3) is 0 Å². The summed E-state index contributed by atoms with van der Waals surface area (Å²) in [6, 6.07) is 10.9. The molecule has 1 fully saturated rings. The normalized spacial score (nSPS) is 23.5. The summed E-state index contributed by atoms with van der Waals surface area (Å²) in [4.78, 5) is 2.32. The number of para-hydroxylation sites is 2. The van der Waals surface area contributed by atoms with E-state index in [2.05, 4.69) is 29.3 Å². The minimum Gasteiger partial charge on any atom is -0.495 e. The molecule has 1 aliphatic heterocycles. The number of hydrogen-bond acceptors (Lipinski definition) is 4. The van der Waals surface area contributed by atoms with E-state index in [9.17, 15) is 0 Å². The molecule has 1 aliphatic rings. The van der Waals surface area contributed by atoms with Gasteiger partial charge < -0.3 is 15.0 Å². The summed E-state index contributed by atoms with van der Waals surface area (Å²) in [5, 5.41) is 12.2. The van der Waals surface area contributed by atoms with Crippen LogP contribution in [0.1, 0.15) is 13.3 Å². The van der Waals surface area contributed by atoms with Crippen LogP contribution < -0.4 is 15.0 Å². The van der Waals surface area contributed by atoms with Crippen LogP contribution in [0.4, 0.5) is 5.69 Å². The molecule has 2 atom stereocenters. The van der Waals surface area contributed by atoms with Crippen LogP contribution in [0.5, 0.6) is 5.75 Å². The topological polar surface area (TPSA) is 48.3 Å². The van der Waals surface area contributed by atoms with Crippen molar-refractivity contribution in [1.29, 1.82) is 5.26 Å². The van der Waals surface area contributed by atoms with Crippen LogP contribution >= 0.6 is 0 Å². The molecule has 0 bridgehead atoms. The molecular weight excluding hydrogens is 226 g/mol. The third kappa shape index (κ3) is 2.57. The van der Waals surface area contributed by atoms with E-state index in [-0.39, 0.29) is 6.04 Å². The number of nitrogens with one attached hydrogen (secondary N) is 1. The Morgan fingerprint density at radius 1 is 1.50 bits per heavy atom. The summed E-state index contributed by atoms with van der Waals surface area (Å²) >= 11 is 0. The number of methoxy groups -OCH3 is 1. The summed E-state index contributed by atoms with van der Waals surface area (Å²) < 4.78 is 5.42. The van der Waals surface area contributed by atoms with Crippen molar-refractivity contribution in [1.82, 2.24) is 5.32 Å². The van der Waals surface area contributed by atoms with Crippen molar-refractivity contribution in [3.05, 3.63) is 24.3 Å². The lowest BCUT2D eigenvalue weighted by Gasteiger charge is -2.40. The molecule has 0 saturated carbocycles. The number of nitriles is 1. The molecule has 4 heteroatoms. The Hall–Kier alpha value is -1.73. The fourth-order valence-corrected chi connectivity index (χ4v) is 2.38. The zero-order valence-corrected chi connectivity index (χ0v) is 10.9. The van der Waals surface area contributed by atoms with Gasteiger partial charge in [0.2, 0.25) is 0 Å². The molecule has 0 radical (unpaired) electrons. The van der Waals surface area contributed by atoms with Crippen molar-refractivity contribution in [3.63, 3.8) is 0 Å². The Kier molecular flexibility index (Phi) is 4.06. The van der Waals surface area contributed by atoms with Gasteiger partial charge in [0.05, 0.1) is 25.3 Å². The molecule has 1 N–H and O–H groups in total. The summed E-state index contributed by atoms with van der Waals surface area (Å²) in [6.07, 6.45) is 0.540. The van der Waals surface area contributed by atoms with Crippen molar-refractivity contribution < 1.29 is 4.74 Å². The second-order valence-electron chi connectivity index (χ2n) is 4.64. The molecule has 0 aliphatic carbocycles. The van der Waals surface area contributed by atoms with E-state index in [1.54, 1.807) is 7.11 Å². The van der Waals surface area contributed by atoms with Crippen LogP contribution in [-0.4, -0.2) is 32.3 Å². The van der Waals surface area contributed by atoms with Crippen LogP contribution in [-0.2, 0) is 0 Å². The highest BCUT2D eigenvalue weighted by Gasteiger charge is 2.26. The van der Waals surface area contributed by atoms with Crippen molar-refractivity contribution in [2.24, 2.45) is 0 Å². The maximum atomic E-state index is 8.81. The van der Waals surface area contributed by atoms with E-state index in [1.807, 2.05) is 18.2 Å². The number of hydrogen-bond donors (Lipinski definition) is 1.